The Hall–Kier alpha value is -1.47. The van der Waals surface area contributed by atoms with E-state index in [1.165, 1.54) is 6.33 Å². The Morgan fingerprint density at radius 1 is 1.65 bits per heavy atom. The lowest BCUT2D eigenvalue weighted by molar-refractivity contribution is 0.0642. The van der Waals surface area contributed by atoms with E-state index in [9.17, 15) is 4.79 Å². The normalized spacial score (nSPS) is 13.1. The molecule has 2 rings (SSSR count). The summed E-state index contributed by atoms with van der Waals surface area (Å²) in [6.45, 7) is 5.09. The van der Waals surface area contributed by atoms with Gasteiger partial charge in [-0.15, -0.1) is 0 Å². The Kier molecular flexibility index (Phi) is 3.39. The minimum absolute atomic E-state index is 0.0116. The average Bonchev–Trinajstić information content (AvgIpc) is 2.73. The van der Waals surface area contributed by atoms with Crippen molar-refractivity contribution in [1.29, 1.82) is 0 Å². The molecule has 2 N–H and O–H groups in total. The molecule has 0 aliphatic heterocycles. The molecule has 2 aromatic heterocycles. The van der Waals surface area contributed by atoms with Gasteiger partial charge in [0.1, 0.15) is 5.52 Å². The number of H-pyrrole nitrogens is 2. The van der Waals surface area contributed by atoms with Crippen molar-refractivity contribution in [3.8, 4) is 0 Å². The molecule has 0 aliphatic rings. The molecule has 0 saturated carbocycles. The minimum Gasteiger partial charge on any atom is -0.377 e. The van der Waals surface area contributed by atoms with Gasteiger partial charge in [0.2, 0.25) is 0 Å². The lowest BCUT2D eigenvalue weighted by atomic mass is 10.4. The molecule has 92 valence electrons. The summed E-state index contributed by atoms with van der Waals surface area (Å²) < 4.78 is 7.59. The zero-order chi connectivity index (χ0) is 12.4. The van der Waals surface area contributed by atoms with Gasteiger partial charge in [-0.05, 0) is 26.1 Å². The highest BCUT2D eigenvalue weighted by molar-refractivity contribution is 7.71. The van der Waals surface area contributed by atoms with Gasteiger partial charge in [0.05, 0.1) is 19.0 Å². The minimum atomic E-state index is -0.247. The largest absolute Gasteiger partial charge is 0.377 e. The maximum atomic E-state index is 11.6. The van der Waals surface area contributed by atoms with Gasteiger partial charge in [0.15, 0.2) is 10.4 Å². The first kappa shape index (κ1) is 12.0. The molecule has 17 heavy (non-hydrogen) atoms. The van der Waals surface area contributed by atoms with E-state index in [1.54, 1.807) is 4.57 Å². The number of nitrogens with one attached hydrogen (secondary N) is 2. The lowest BCUT2D eigenvalue weighted by Crippen LogP contribution is -2.21. The highest BCUT2D eigenvalue weighted by Crippen LogP contribution is 2.06. The van der Waals surface area contributed by atoms with Crippen molar-refractivity contribution in [2.75, 3.05) is 6.61 Å². The smallest absolute Gasteiger partial charge is 0.277 e. The fourth-order valence-corrected chi connectivity index (χ4v) is 2.00. The molecule has 2 heterocycles. The van der Waals surface area contributed by atoms with Crippen LogP contribution >= 0.6 is 12.2 Å². The Balaban J connectivity index is 2.49. The van der Waals surface area contributed by atoms with E-state index in [-0.39, 0.29) is 11.7 Å². The zero-order valence-corrected chi connectivity index (χ0v) is 10.5. The van der Waals surface area contributed by atoms with Crippen LogP contribution < -0.4 is 5.56 Å². The summed E-state index contributed by atoms with van der Waals surface area (Å²) in [6, 6.07) is 0. The molecule has 1 atom stereocenters. The highest BCUT2D eigenvalue weighted by Gasteiger charge is 2.10. The standard InChI is InChI=1S/C10H14N4O2S/c1-3-16-6(2)4-14-8-7(11-5-12-8)9(15)13-10(14)17/h5-6H,3-4H2,1-2H3,(H,11,12)(H,13,15,17). The molecular weight excluding hydrogens is 240 g/mol. The molecule has 0 radical (unpaired) electrons. The second-order valence-corrected chi connectivity index (χ2v) is 4.12. The number of aromatic nitrogens is 4. The Morgan fingerprint density at radius 2 is 2.41 bits per heavy atom. The van der Waals surface area contributed by atoms with E-state index in [4.69, 9.17) is 17.0 Å². The van der Waals surface area contributed by atoms with Crippen molar-refractivity contribution >= 4 is 23.4 Å². The van der Waals surface area contributed by atoms with Crippen LogP contribution in [0.3, 0.4) is 0 Å². The van der Waals surface area contributed by atoms with Gasteiger partial charge >= 0.3 is 0 Å². The lowest BCUT2D eigenvalue weighted by Gasteiger charge is -2.14. The number of hydrogen-bond acceptors (Lipinski definition) is 4. The van der Waals surface area contributed by atoms with Crippen molar-refractivity contribution < 1.29 is 4.74 Å². The van der Waals surface area contributed by atoms with Gasteiger partial charge < -0.3 is 9.72 Å². The average molecular weight is 254 g/mol. The van der Waals surface area contributed by atoms with Crippen molar-refractivity contribution in [2.45, 2.75) is 26.5 Å². The second kappa shape index (κ2) is 4.80. The quantitative estimate of drug-likeness (QED) is 0.804. The Labute approximate surface area is 103 Å². The van der Waals surface area contributed by atoms with E-state index in [1.807, 2.05) is 13.8 Å². The third-order valence-corrected chi connectivity index (χ3v) is 2.78. The molecule has 2 aromatic rings. The van der Waals surface area contributed by atoms with Crippen LogP contribution in [0.1, 0.15) is 13.8 Å². The Bertz CT molecular complexity index is 627. The number of hydrogen-bond donors (Lipinski definition) is 2. The summed E-state index contributed by atoms with van der Waals surface area (Å²) >= 11 is 5.13. The number of fused-ring (bicyclic) bond motifs is 1. The number of imidazole rings is 1. The first-order valence-corrected chi connectivity index (χ1v) is 5.82. The van der Waals surface area contributed by atoms with Crippen LogP contribution in [0.5, 0.6) is 0 Å². The summed E-state index contributed by atoms with van der Waals surface area (Å²) in [5.41, 5.74) is 0.746. The van der Waals surface area contributed by atoms with Crippen LogP contribution in [0.25, 0.3) is 11.2 Å². The number of rotatable bonds is 4. The van der Waals surface area contributed by atoms with Crippen LogP contribution in [0.4, 0.5) is 0 Å². The summed E-state index contributed by atoms with van der Waals surface area (Å²) in [4.78, 5) is 21.1. The van der Waals surface area contributed by atoms with Crippen LogP contribution in [0.2, 0.25) is 0 Å². The van der Waals surface area contributed by atoms with Crippen molar-refractivity contribution in [3.05, 3.63) is 21.5 Å². The maximum absolute atomic E-state index is 11.6. The highest BCUT2D eigenvalue weighted by atomic mass is 32.1. The molecule has 0 fully saturated rings. The fourth-order valence-electron chi connectivity index (χ4n) is 1.75. The van der Waals surface area contributed by atoms with Gasteiger partial charge in [-0.3, -0.25) is 14.3 Å². The second-order valence-electron chi connectivity index (χ2n) is 3.74. The number of aromatic amines is 2. The molecule has 0 bridgehead atoms. The molecular formula is C10H14N4O2S. The SMILES string of the molecule is CCOC(C)Cn1c(=S)[nH]c(=O)c2[nH]cnc21. The molecule has 0 amide bonds. The number of ether oxygens (including phenoxy) is 1. The van der Waals surface area contributed by atoms with Gasteiger partial charge in [-0.25, -0.2) is 4.98 Å². The monoisotopic (exact) mass is 254 g/mol. The topological polar surface area (TPSA) is 75.7 Å². The molecule has 6 nitrogen and oxygen atoms in total. The summed E-state index contributed by atoms with van der Waals surface area (Å²) in [5, 5.41) is 0. The molecule has 0 spiro atoms. The number of nitrogens with zero attached hydrogens (tertiary/aromatic N) is 2. The van der Waals surface area contributed by atoms with Gasteiger partial charge in [-0.2, -0.15) is 0 Å². The molecule has 0 aromatic carbocycles. The third-order valence-electron chi connectivity index (χ3n) is 2.46. The van der Waals surface area contributed by atoms with E-state index < -0.39 is 0 Å². The molecule has 7 heteroatoms. The predicted octanol–water partition coefficient (Wildman–Crippen LogP) is 1.21. The van der Waals surface area contributed by atoms with E-state index in [2.05, 4.69) is 15.0 Å². The van der Waals surface area contributed by atoms with Gasteiger partial charge in [0, 0.05) is 6.61 Å². The molecule has 0 saturated heterocycles. The van der Waals surface area contributed by atoms with Gasteiger partial charge in [-0.1, -0.05) is 0 Å². The van der Waals surface area contributed by atoms with Gasteiger partial charge in [0.25, 0.3) is 5.56 Å². The predicted molar refractivity (Wildman–Crippen MR) is 66.6 cm³/mol. The summed E-state index contributed by atoms with van der Waals surface area (Å²) in [7, 11) is 0. The van der Waals surface area contributed by atoms with Crippen LogP contribution in [-0.4, -0.2) is 32.2 Å². The fraction of sp³-hybridized carbons (Fsp3) is 0.500. The van der Waals surface area contributed by atoms with Crippen molar-refractivity contribution in [2.24, 2.45) is 0 Å². The van der Waals surface area contributed by atoms with Crippen LogP contribution in [-0.2, 0) is 11.3 Å². The zero-order valence-electron chi connectivity index (χ0n) is 9.69. The van der Waals surface area contributed by atoms with Crippen molar-refractivity contribution in [1.82, 2.24) is 19.5 Å². The summed E-state index contributed by atoms with van der Waals surface area (Å²) in [5.74, 6) is 0. The molecule has 0 aliphatic carbocycles. The third kappa shape index (κ3) is 2.29. The molecule has 1 unspecified atom stereocenters. The van der Waals surface area contributed by atoms with Crippen LogP contribution in [0, 0.1) is 4.77 Å². The van der Waals surface area contributed by atoms with E-state index in [0.29, 0.717) is 29.1 Å². The first-order chi connectivity index (χ1) is 8.13. The first-order valence-electron chi connectivity index (χ1n) is 5.41. The van der Waals surface area contributed by atoms with E-state index in [0.717, 1.165) is 0 Å². The summed E-state index contributed by atoms with van der Waals surface area (Å²) in [6.07, 6.45) is 1.49. The van der Waals surface area contributed by atoms with E-state index >= 15 is 0 Å². The van der Waals surface area contributed by atoms with Crippen LogP contribution in [0.15, 0.2) is 11.1 Å². The van der Waals surface area contributed by atoms with Crippen molar-refractivity contribution in [3.63, 3.8) is 0 Å². The maximum Gasteiger partial charge on any atom is 0.277 e. The Morgan fingerprint density at radius 3 is 3.12 bits per heavy atom.